The predicted octanol–water partition coefficient (Wildman–Crippen LogP) is 1.54. The lowest BCUT2D eigenvalue weighted by Gasteiger charge is -2.09. The summed E-state index contributed by atoms with van der Waals surface area (Å²) in [7, 11) is 1.34. The number of carboxylic acid groups (broad SMARTS) is 1. The normalized spacial score (nSPS) is 9.93. The van der Waals surface area contributed by atoms with E-state index < -0.39 is 5.97 Å². The number of benzene rings is 1. The van der Waals surface area contributed by atoms with Gasteiger partial charge in [0.15, 0.2) is 0 Å². The monoisotopic (exact) mass is 216 g/mol. The largest absolute Gasteiger partial charge is 0.495 e. The van der Waals surface area contributed by atoms with Crippen molar-refractivity contribution in [3.8, 4) is 5.75 Å². The predicted molar refractivity (Wildman–Crippen MR) is 50.9 cm³/mol. The van der Waals surface area contributed by atoms with Crippen molar-refractivity contribution in [2.45, 2.75) is 6.61 Å². The van der Waals surface area contributed by atoms with E-state index in [2.05, 4.69) is 0 Å². The topological polar surface area (TPSA) is 66.8 Å². The highest BCUT2D eigenvalue weighted by Crippen LogP contribution is 2.28. The molecule has 0 saturated carbocycles. The van der Waals surface area contributed by atoms with Crippen LogP contribution in [0.5, 0.6) is 5.75 Å². The van der Waals surface area contributed by atoms with E-state index in [9.17, 15) is 4.79 Å². The molecule has 0 unspecified atom stereocenters. The SMILES string of the molecule is COc1c(CO)cc(Cl)cc1C(=O)O. The Balaban J connectivity index is 3.39. The van der Waals surface area contributed by atoms with Crippen LogP contribution >= 0.6 is 11.6 Å². The number of ether oxygens (including phenoxy) is 1. The second-order valence-corrected chi connectivity index (χ2v) is 3.05. The highest BCUT2D eigenvalue weighted by Gasteiger charge is 2.15. The summed E-state index contributed by atoms with van der Waals surface area (Å²) in [6.45, 7) is -0.315. The Morgan fingerprint density at radius 2 is 2.21 bits per heavy atom. The molecule has 4 nitrogen and oxygen atoms in total. The van der Waals surface area contributed by atoms with Crippen molar-refractivity contribution < 1.29 is 19.7 Å². The highest BCUT2D eigenvalue weighted by atomic mass is 35.5. The second kappa shape index (κ2) is 4.30. The zero-order valence-electron chi connectivity index (χ0n) is 7.45. The quantitative estimate of drug-likeness (QED) is 0.804. The average molecular weight is 217 g/mol. The molecule has 0 atom stereocenters. The molecule has 0 heterocycles. The zero-order chi connectivity index (χ0) is 10.7. The van der Waals surface area contributed by atoms with Gasteiger partial charge in [0, 0.05) is 10.6 Å². The number of hydrogen-bond donors (Lipinski definition) is 2. The number of rotatable bonds is 3. The first-order valence-electron chi connectivity index (χ1n) is 3.80. The van der Waals surface area contributed by atoms with Gasteiger partial charge < -0.3 is 14.9 Å². The molecule has 0 saturated heterocycles. The molecular formula is C9H9ClO4. The molecule has 5 heteroatoms. The lowest BCUT2D eigenvalue weighted by molar-refractivity contribution is 0.0693. The van der Waals surface area contributed by atoms with Gasteiger partial charge >= 0.3 is 5.97 Å². The van der Waals surface area contributed by atoms with E-state index in [1.54, 1.807) is 0 Å². The van der Waals surface area contributed by atoms with Crippen LogP contribution in [0.1, 0.15) is 15.9 Å². The van der Waals surface area contributed by atoms with Gasteiger partial charge in [0.05, 0.1) is 13.7 Å². The molecule has 14 heavy (non-hydrogen) atoms. The maximum Gasteiger partial charge on any atom is 0.339 e. The molecule has 1 aromatic carbocycles. The van der Waals surface area contributed by atoms with Gasteiger partial charge in [0.1, 0.15) is 11.3 Å². The van der Waals surface area contributed by atoms with Crippen LogP contribution in [0.4, 0.5) is 0 Å². The number of aliphatic hydroxyl groups is 1. The molecule has 0 aliphatic heterocycles. The number of carboxylic acids is 1. The van der Waals surface area contributed by atoms with Crippen molar-refractivity contribution >= 4 is 17.6 Å². The number of hydrogen-bond acceptors (Lipinski definition) is 3. The van der Waals surface area contributed by atoms with Crippen molar-refractivity contribution in [1.82, 2.24) is 0 Å². The molecule has 0 radical (unpaired) electrons. The molecular weight excluding hydrogens is 208 g/mol. The zero-order valence-corrected chi connectivity index (χ0v) is 8.21. The molecule has 0 amide bonds. The van der Waals surface area contributed by atoms with E-state index in [1.165, 1.54) is 19.2 Å². The molecule has 0 spiro atoms. The van der Waals surface area contributed by atoms with E-state index in [0.29, 0.717) is 5.56 Å². The fourth-order valence-corrected chi connectivity index (χ4v) is 1.41. The minimum absolute atomic E-state index is 0.0518. The average Bonchev–Trinajstić information content (AvgIpc) is 2.16. The molecule has 0 fully saturated rings. The molecule has 0 aliphatic rings. The van der Waals surface area contributed by atoms with Crippen LogP contribution < -0.4 is 4.74 Å². The van der Waals surface area contributed by atoms with Crippen LogP contribution in [-0.4, -0.2) is 23.3 Å². The molecule has 1 rings (SSSR count). The first-order chi connectivity index (χ1) is 6.60. The maximum atomic E-state index is 10.8. The Kier molecular flexibility index (Phi) is 3.33. The maximum absolute atomic E-state index is 10.8. The van der Waals surface area contributed by atoms with Gasteiger partial charge in [-0.3, -0.25) is 0 Å². The number of carbonyl (C=O) groups is 1. The van der Waals surface area contributed by atoms with E-state index >= 15 is 0 Å². The summed E-state index contributed by atoms with van der Waals surface area (Å²) < 4.78 is 4.88. The summed E-state index contributed by atoms with van der Waals surface area (Å²) in [5, 5.41) is 18.0. The van der Waals surface area contributed by atoms with Crippen LogP contribution in [0.15, 0.2) is 12.1 Å². The van der Waals surface area contributed by atoms with Crippen molar-refractivity contribution in [2.75, 3.05) is 7.11 Å². The van der Waals surface area contributed by atoms with Gasteiger partial charge in [0.25, 0.3) is 0 Å². The molecule has 2 N–H and O–H groups in total. The van der Waals surface area contributed by atoms with E-state index in [0.717, 1.165) is 0 Å². The third-order valence-corrected chi connectivity index (χ3v) is 1.95. The molecule has 1 aromatic rings. The molecule has 0 aromatic heterocycles. The Morgan fingerprint density at radius 3 is 2.64 bits per heavy atom. The minimum atomic E-state index is -1.14. The van der Waals surface area contributed by atoms with E-state index in [1.807, 2.05) is 0 Å². The number of halogens is 1. The van der Waals surface area contributed by atoms with Gasteiger partial charge in [-0.15, -0.1) is 0 Å². The fraction of sp³-hybridized carbons (Fsp3) is 0.222. The van der Waals surface area contributed by atoms with Crippen LogP contribution in [-0.2, 0) is 6.61 Å². The Labute approximate surface area is 85.7 Å². The van der Waals surface area contributed by atoms with Crippen LogP contribution in [0.2, 0.25) is 5.02 Å². The Bertz CT molecular complexity index is 362. The molecule has 76 valence electrons. The van der Waals surface area contributed by atoms with Gasteiger partial charge in [0.2, 0.25) is 0 Å². The molecule has 0 bridgehead atoms. The van der Waals surface area contributed by atoms with Gasteiger partial charge in [-0.2, -0.15) is 0 Å². The second-order valence-electron chi connectivity index (χ2n) is 2.61. The van der Waals surface area contributed by atoms with E-state index in [-0.39, 0.29) is 22.9 Å². The van der Waals surface area contributed by atoms with Gasteiger partial charge in [-0.1, -0.05) is 11.6 Å². The summed E-state index contributed by atoms with van der Waals surface area (Å²) in [6, 6.07) is 2.74. The minimum Gasteiger partial charge on any atom is -0.495 e. The lowest BCUT2D eigenvalue weighted by Crippen LogP contribution is -2.03. The highest BCUT2D eigenvalue weighted by molar-refractivity contribution is 6.31. The van der Waals surface area contributed by atoms with Crippen LogP contribution in [0, 0.1) is 0 Å². The number of aliphatic hydroxyl groups excluding tert-OH is 1. The number of methoxy groups -OCH3 is 1. The summed E-state index contributed by atoms with van der Waals surface area (Å²) >= 11 is 5.67. The van der Waals surface area contributed by atoms with Crippen molar-refractivity contribution in [3.05, 3.63) is 28.3 Å². The van der Waals surface area contributed by atoms with Gasteiger partial charge in [-0.25, -0.2) is 4.79 Å². The smallest absolute Gasteiger partial charge is 0.339 e. The first kappa shape index (κ1) is 10.8. The van der Waals surface area contributed by atoms with E-state index in [4.69, 9.17) is 26.6 Å². The Morgan fingerprint density at radius 1 is 1.57 bits per heavy atom. The van der Waals surface area contributed by atoms with Gasteiger partial charge in [-0.05, 0) is 12.1 Å². The number of aromatic carboxylic acids is 1. The fourth-order valence-electron chi connectivity index (χ4n) is 1.17. The van der Waals surface area contributed by atoms with Crippen molar-refractivity contribution in [3.63, 3.8) is 0 Å². The Hall–Kier alpha value is -1.26. The van der Waals surface area contributed by atoms with Crippen molar-refractivity contribution in [2.24, 2.45) is 0 Å². The summed E-state index contributed by atoms with van der Waals surface area (Å²) in [6.07, 6.45) is 0. The third-order valence-electron chi connectivity index (χ3n) is 1.74. The first-order valence-corrected chi connectivity index (χ1v) is 4.18. The summed E-state index contributed by atoms with van der Waals surface area (Å²) in [5.74, 6) is -0.997. The van der Waals surface area contributed by atoms with Crippen molar-refractivity contribution in [1.29, 1.82) is 0 Å². The summed E-state index contributed by atoms with van der Waals surface area (Å²) in [4.78, 5) is 10.8. The summed E-state index contributed by atoms with van der Waals surface area (Å²) in [5.41, 5.74) is 0.307. The van der Waals surface area contributed by atoms with Crippen LogP contribution in [0.25, 0.3) is 0 Å². The lowest BCUT2D eigenvalue weighted by atomic mass is 10.1. The van der Waals surface area contributed by atoms with Crippen LogP contribution in [0.3, 0.4) is 0 Å². The standard InChI is InChI=1S/C9H9ClO4/c1-14-8-5(4-11)2-6(10)3-7(8)9(12)13/h2-3,11H,4H2,1H3,(H,12,13). The third kappa shape index (κ3) is 1.97. The molecule has 0 aliphatic carbocycles.